The first-order valence-electron chi connectivity index (χ1n) is 6.07. The predicted molar refractivity (Wildman–Crippen MR) is 67.1 cm³/mol. The van der Waals surface area contributed by atoms with E-state index in [1.54, 1.807) is 13.8 Å². The predicted octanol–water partition coefficient (Wildman–Crippen LogP) is 0.594. The van der Waals surface area contributed by atoms with Crippen LogP contribution in [0.5, 0.6) is 0 Å². The summed E-state index contributed by atoms with van der Waals surface area (Å²) in [4.78, 5) is 17.9. The molecule has 8 heteroatoms. The van der Waals surface area contributed by atoms with Crippen LogP contribution >= 0.6 is 0 Å². The number of aromatic nitrogens is 2. The standard InChI is InChI=1S/C11H17N3O4S/c1-3-11(10(15)16)4-5-14(7-11)19(17,18)9-6-12-8(2)13-9/h6H,3-5,7H2,1-2H3,(H,12,13)(H,15,16). The number of carbonyl (C=O) groups is 1. The molecule has 0 radical (unpaired) electrons. The molecule has 1 aliphatic heterocycles. The Hall–Kier alpha value is -1.41. The van der Waals surface area contributed by atoms with Crippen LogP contribution in [0.3, 0.4) is 0 Å². The van der Waals surface area contributed by atoms with Crippen molar-refractivity contribution >= 4 is 16.0 Å². The Balaban J connectivity index is 2.28. The number of carboxylic acid groups (broad SMARTS) is 1. The summed E-state index contributed by atoms with van der Waals surface area (Å²) in [5.41, 5.74) is -0.970. The quantitative estimate of drug-likeness (QED) is 0.843. The highest BCUT2D eigenvalue weighted by atomic mass is 32.2. The summed E-state index contributed by atoms with van der Waals surface area (Å²) in [6.07, 6.45) is 2.01. The van der Waals surface area contributed by atoms with Gasteiger partial charge < -0.3 is 10.1 Å². The fourth-order valence-electron chi connectivity index (χ4n) is 2.32. The van der Waals surface area contributed by atoms with Gasteiger partial charge in [0.15, 0.2) is 5.03 Å². The van der Waals surface area contributed by atoms with Crippen molar-refractivity contribution in [3.63, 3.8) is 0 Å². The third-order valence-electron chi connectivity index (χ3n) is 3.75. The molecule has 0 aliphatic carbocycles. The van der Waals surface area contributed by atoms with Gasteiger partial charge in [-0.15, -0.1) is 0 Å². The van der Waals surface area contributed by atoms with Crippen LogP contribution in [0.25, 0.3) is 0 Å². The number of hydrogen-bond acceptors (Lipinski definition) is 4. The Bertz CT molecular complexity index is 595. The molecule has 2 heterocycles. The lowest BCUT2D eigenvalue weighted by Gasteiger charge is -2.22. The summed E-state index contributed by atoms with van der Waals surface area (Å²) in [5.74, 6) is -0.425. The third kappa shape index (κ3) is 2.25. The summed E-state index contributed by atoms with van der Waals surface area (Å²) >= 11 is 0. The molecule has 2 rings (SSSR count). The molecule has 19 heavy (non-hydrogen) atoms. The van der Waals surface area contributed by atoms with E-state index in [2.05, 4.69) is 9.97 Å². The highest BCUT2D eigenvalue weighted by molar-refractivity contribution is 7.89. The lowest BCUT2D eigenvalue weighted by atomic mass is 9.85. The van der Waals surface area contributed by atoms with E-state index < -0.39 is 21.4 Å². The Morgan fingerprint density at radius 3 is 2.74 bits per heavy atom. The molecule has 1 aromatic rings. The Morgan fingerprint density at radius 2 is 2.32 bits per heavy atom. The highest BCUT2D eigenvalue weighted by Crippen LogP contribution is 2.36. The molecule has 1 atom stereocenters. The van der Waals surface area contributed by atoms with Crippen LogP contribution in [0.15, 0.2) is 11.2 Å². The number of aliphatic carboxylic acids is 1. The number of rotatable bonds is 4. The molecule has 1 aromatic heterocycles. The zero-order valence-electron chi connectivity index (χ0n) is 10.9. The number of aryl methyl sites for hydroxylation is 1. The molecule has 0 bridgehead atoms. The normalized spacial score (nSPS) is 24.7. The van der Waals surface area contributed by atoms with Crippen molar-refractivity contribution < 1.29 is 18.3 Å². The van der Waals surface area contributed by atoms with Crippen molar-refractivity contribution in [2.45, 2.75) is 31.7 Å². The molecule has 0 saturated carbocycles. The Labute approximate surface area is 111 Å². The van der Waals surface area contributed by atoms with E-state index in [1.165, 1.54) is 10.5 Å². The number of imidazole rings is 1. The van der Waals surface area contributed by atoms with E-state index in [1.807, 2.05) is 0 Å². The minimum Gasteiger partial charge on any atom is -0.481 e. The van der Waals surface area contributed by atoms with Crippen molar-refractivity contribution in [3.05, 3.63) is 12.0 Å². The van der Waals surface area contributed by atoms with Crippen molar-refractivity contribution in [2.75, 3.05) is 13.1 Å². The average molecular weight is 287 g/mol. The molecule has 7 nitrogen and oxygen atoms in total. The summed E-state index contributed by atoms with van der Waals surface area (Å²) < 4.78 is 25.9. The van der Waals surface area contributed by atoms with Crippen molar-refractivity contribution in [3.8, 4) is 0 Å². The molecular weight excluding hydrogens is 270 g/mol. The largest absolute Gasteiger partial charge is 0.481 e. The summed E-state index contributed by atoms with van der Waals surface area (Å²) in [7, 11) is -3.68. The van der Waals surface area contributed by atoms with E-state index >= 15 is 0 Å². The number of carboxylic acids is 1. The van der Waals surface area contributed by atoms with Crippen LogP contribution in [0.4, 0.5) is 0 Å². The Kier molecular flexibility index (Phi) is 3.40. The number of nitrogens with one attached hydrogen (secondary N) is 1. The van der Waals surface area contributed by atoms with Crippen LogP contribution < -0.4 is 0 Å². The number of nitrogens with zero attached hydrogens (tertiary/aromatic N) is 2. The lowest BCUT2D eigenvalue weighted by Crippen LogP contribution is -2.36. The first kappa shape index (κ1) is 14.0. The zero-order chi connectivity index (χ0) is 14.3. The van der Waals surface area contributed by atoms with Gasteiger partial charge in [-0.3, -0.25) is 4.79 Å². The maximum absolute atomic E-state index is 12.3. The molecule has 1 saturated heterocycles. The first-order valence-corrected chi connectivity index (χ1v) is 7.51. The van der Waals surface area contributed by atoms with E-state index in [0.717, 1.165) is 0 Å². The molecule has 1 fully saturated rings. The third-order valence-corrected chi connectivity index (χ3v) is 5.50. The fourth-order valence-corrected chi connectivity index (χ4v) is 3.81. The molecule has 1 aliphatic rings. The van der Waals surface area contributed by atoms with Crippen LogP contribution in [-0.2, 0) is 14.8 Å². The zero-order valence-corrected chi connectivity index (χ0v) is 11.7. The van der Waals surface area contributed by atoms with Crippen LogP contribution in [0, 0.1) is 12.3 Å². The number of hydrogen-bond donors (Lipinski definition) is 2. The van der Waals surface area contributed by atoms with Crippen LogP contribution in [0.1, 0.15) is 25.6 Å². The molecule has 1 unspecified atom stereocenters. The van der Waals surface area contributed by atoms with Gasteiger partial charge in [-0.1, -0.05) is 6.92 Å². The summed E-state index contributed by atoms with van der Waals surface area (Å²) in [5, 5.41) is 9.30. The smallest absolute Gasteiger partial charge is 0.311 e. The SMILES string of the molecule is CCC1(C(=O)O)CCN(S(=O)(=O)c2cnc(C)[nH]2)C1. The summed E-state index contributed by atoms with van der Waals surface area (Å²) in [6.45, 7) is 3.67. The van der Waals surface area contributed by atoms with Gasteiger partial charge in [0.05, 0.1) is 11.6 Å². The number of H-pyrrole nitrogens is 1. The van der Waals surface area contributed by atoms with E-state index in [4.69, 9.17) is 0 Å². The van der Waals surface area contributed by atoms with Gasteiger partial charge in [-0.05, 0) is 19.8 Å². The molecule has 0 spiro atoms. The average Bonchev–Trinajstić information content (AvgIpc) is 2.96. The van der Waals surface area contributed by atoms with Crippen molar-refractivity contribution in [2.24, 2.45) is 5.41 Å². The second-order valence-electron chi connectivity index (χ2n) is 4.86. The second kappa shape index (κ2) is 4.61. The second-order valence-corrected chi connectivity index (χ2v) is 6.77. The van der Waals surface area contributed by atoms with Gasteiger partial charge in [0.2, 0.25) is 0 Å². The molecular formula is C11H17N3O4S. The molecule has 0 aromatic carbocycles. The highest BCUT2D eigenvalue weighted by Gasteiger charge is 2.47. The maximum atomic E-state index is 12.3. The van der Waals surface area contributed by atoms with Crippen molar-refractivity contribution in [1.29, 1.82) is 0 Å². The first-order chi connectivity index (χ1) is 8.82. The van der Waals surface area contributed by atoms with Gasteiger partial charge >= 0.3 is 5.97 Å². The van der Waals surface area contributed by atoms with Crippen LogP contribution in [0.2, 0.25) is 0 Å². The summed E-state index contributed by atoms with van der Waals surface area (Å²) in [6, 6.07) is 0. The van der Waals surface area contributed by atoms with E-state index in [-0.39, 0.29) is 18.1 Å². The maximum Gasteiger partial charge on any atom is 0.311 e. The van der Waals surface area contributed by atoms with Gasteiger partial charge in [0, 0.05) is 13.1 Å². The van der Waals surface area contributed by atoms with Crippen molar-refractivity contribution in [1.82, 2.24) is 14.3 Å². The molecule has 106 valence electrons. The fraction of sp³-hybridized carbons (Fsp3) is 0.636. The van der Waals surface area contributed by atoms with Gasteiger partial charge in [0.1, 0.15) is 5.82 Å². The van der Waals surface area contributed by atoms with Gasteiger partial charge in [0.25, 0.3) is 10.0 Å². The van der Waals surface area contributed by atoms with Gasteiger partial charge in [-0.25, -0.2) is 13.4 Å². The van der Waals surface area contributed by atoms with E-state index in [0.29, 0.717) is 18.7 Å². The molecule has 0 amide bonds. The van der Waals surface area contributed by atoms with Crippen LogP contribution in [-0.4, -0.2) is 46.9 Å². The number of aromatic amines is 1. The minimum absolute atomic E-state index is 0.0131. The van der Waals surface area contributed by atoms with E-state index in [9.17, 15) is 18.3 Å². The monoisotopic (exact) mass is 287 g/mol. The topological polar surface area (TPSA) is 103 Å². The lowest BCUT2D eigenvalue weighted by molar-refractivity contribution is -0.148. The molecule has 2 N–H and O–H groups in total. The minimum atomic E-state index is -3.68. The Morgan fingerprint density at radius 1 is 1.63 bits per heavy atom. The van der Waals surface area contributed by atoms with Gasteiger partial charge in [-0.2, -0.15) is 4.31 Å². The number of sulfonamides is 1.